The number of benzene rings is 1. The van der Waals surface area contributed by atoms with E-state index < -0.39 is 5.91 Å². The van der Waals surface area contributed by atoms with Crippen LogP contribution in [0.4, 0.5) is 0 Å². The summed E-state index contributed by atoms with van der Waals surface area (Å²) in [7, 11) is 0. The first-order chi connectivity index (χ1) is 11.7. The summed E-state index contributed by atoms with van der Waals surface area (Å²) >= 11 is 0. The molecule has 0 atom stereocenters. The van der Waals surface area contributed by atoms with Gasteiger partial charge in [-0.05, 0) is 0 Å². The van der Waals surface area contributed by atoms with Gasteiger partial charge in [0.1, 0.15) is 12.4 Å². The zero-order chi connectivity index (χ0) is 16.9. The average Bonchev–Trinajstić information content (AvgIpc) is 3.22. The largest absolute Gasteiger partial charge is 0.394 e. The number of aliphatic hydroxyl groups excluding tert-OH is 1. The zero-order valence-electron chi connectivity index (χ0n) is 12.6. The van der Waals surface area contributed by atoms with Gasteiger partial charge in [-0.15, -0.1) is 5.10 Å². The zero-order valence-corrected chi connectivity index (χ0v) is 12.6. The number of rotatable bonds is 7. The summed E-state index contributed by atoms with van der Waals surface area (Å²) in [6.45, 7) is -0.0290. The maximum Gasteiger partial charge on any atom is 0.288 e. The van der Waals surface area contributed by atoms with E-state index in [1.165, 1.54) is 4.68 Å². The molecule has 0 bridgehead atoms. The van der Waals surface area contributed by atoms with Crippen molar-refractivity contribution in [2.75, 3.05) is 13.2 Å². The van der Waals surface area contributed by atoms with Gasteiger partial charge < -0.3 is 15.6 Å². The molecule has 124 valence electrons. The van der Waals surface area contributed by atoms with Gasteiger partial charge in [-0.2, -0.15) is 15.4 Å². The molecule has 0 aliphatic rings. The van der Waals surface area contributed by atoms with E-state index in [-0.39, 0.29) is 31.6 Å². The normalized spacial score (nSPS) is 10.9. The van der Waals surface area contributed by atoms with Gasteiger partial charge in [-0.1, -0.05) is 30.3 Å². The van der Waals surface area contributed by atoms with Crippen molar-refractivity contribution < 1.29 is 14.6 Å². The van der Waals surface area contributed by atoms with E-state index in [2.05, 4.69) is 25.5 Å². The highest BCUT2D eigenvalue weighted by Crippen LogP contribution is 2.26. The molecule has 0 fully saturated rings. The molecule has 0 aliphatic heterocycles. The Labute approximate surface area is 136 Å². The number of nitrogens with one attached hydrogen (secondary N) is 1. The molecule has 0 saturated heterocycles. The molecule has 0 spiro atoms. The van der Waals surface area contributed by atoms with E-state index in [0.29, 0.717) is 11.4 Å². The summed E-state index contributed by atoms with van der Waals surface area (Å²) in [5.41, 5.74) is 7.05. The summed E-state index contributed by atoms with van der Waals surface area (Å²) < 4.78 is 6.59. The van der Waals surface area contributed by atoms with E-state index in [0.717, 1.165) is 5.56 Å². The number of nitrogens with two attached hydrogens (primary N) is 1. The van der Waals surface area contributed by atoms with Gasteiger partial charge in [-0.25, -0.2) is 9.67 Å². The van der Waals surface area contributed by atoms with Crippen molar-refractivity contribution in [3.05, 3.63) is 36.2 Å². The van der Waals surface area contributed by atoms with Gasteiger partial charge in [0.2, 0.25) is 5.82 Å². The highest BCUT2D eigenvalue weighted by atomic mass is 16.5. The van der Waals surface area contributed by atoms with Crippen molar-refractivity contribution in [2.24, 2.45) is 5.73 Å². The molecule has 0 saturated carbocycles. The van der Waals surface area contributed by atoms with Crippen LogP contribution in [-0.4, -0.2) is 54.4 Å². The Balaban J connectivity index is 2.03. The molecular formula is C14H15N7O3. The molecule has 3 rings (SSSR count). The lowest BCUT2D eigenvalue weighted by Gasteiger charge is -2.05. The maximum atomic E-state index is 11.4. The number of aromatic amines is 1. The number of nitrogens with zero attached hydrogens (tertiary/aromatic N) is 5. The van der Waals surface area contributed by atoms with Crippen LogP contribution in [0.15, 0.2) is 30.3 Å². The molecule has 1 amide bonds. The van der Waals surface area contributed by atoms with Crippen LogP contribution >= 0.6 is 0 Å². The van der Waals surface area contributed by atoms with Crippen LogP contribution in [0.25, 0.3) is 22.8 Å². The molecule has 2 aromatic heterocycles. The van der Waals surface area contributed by atoms with Gasteiger partial charge in [0.05, 0.1) is 13.2 Å². The lowest BCUT2D eigenvalue weighted by molar-refractivity contribution is 0.0424. The Hall–Kier alpha value is -3.11. The van der Waals surface area contributed by atoms with Crippen molar-refractivity contribution in [1.29, 1.82) is 0 Å². The molecule has 1 aromatic carbocycles. The van der Waals surface area contributed by atoms with E-state index in [9.17, 15) is 4.79 Å². The van der Waals surface area contributed by atoms with Gasteiger partial charge in [0.15, 0.2) is 11.5 Å². The Bertz CT molecular complexity index is 828. The Morgan fingerprint density at radius 2 is 2.00 bits per heavy atom. The van der Waals surface area contributed by atoms with Gasteiger partial charge in [-0.3, -0.25) is 4.79 Å². The van der Waals surface area contributed by atoms with E-state index >= 15 is 0 Å². The Morgan fingerprint density at radius 1 is 1.25 bits per heavy atom. The summed E-state index contributed by atoms with van der Waals surface area (Å²) in [5, 5.41) is 23.6. The number of hydrogen-bond acceptors (Lipinski definition) is 7. The smallest absolute Gasteiger partial charge is 0.288 e. The number of hydrogen-bond donors (Lipinski definition) is 3. The van der Waals surface area contributed by atoms with E-state index in [1.807, 2.05) is 30.3 Å². The van der Waals surface area contributed by atoms with Crippen molar-refractivity contribution >= 4 is 5.91 Å². The minimum atomic E-state index is -0.762. The topological polar surface area (TPSA) is 145 Å². The lowest BCUT2D eigenvalue weighted by Crippen LogP contribution is -2.14. The fraction of sp³-hybridized carbons (Fsp3) is 0.214. The van der Waals surface area contributed by atoms with Crippen LogP contribution in [0.2, 0.25) is 0 Å². The van der Waals surface area contributed by atoms with Crippen LogP contribution in [0, 0.1) is 0 Å². The monoisotopic (exact) mass is 329 g/mol. The fourth-order valence-electron chi connectivity index (χ4n) is 2.11. The minimum Gasteiger partial charge on any atom is -0.394 e. The van der Waals surface area contributed by atoms with E-state index in [4.69, 9.17) is 15.6 Å². The number of ether oxygens (including phenoxy) is 1. The summed E-state index contributed by atoms with van der Waals surface area (Å²) in [6.07, 6.45) is 0. The first-order valence-corrected chi connectivity index (χ1v) is 7.10. The molecule has 0 unspecified atom stereocenters. The molecule has 10 heteroatoms. The molecule has 3 aromatic rings. The highest BCUT2D eigenvalue weighted by molar-refractivity contribution is 5.89. The van der Waals surface area contributed by atoms with Crippen LogP contribution in [-0.2, 0) is 11.5 Å². The molecule has 2 heterocycles. The Kier molecular flexibility index (Phi) is 4.59. The second kappa shape index (κ2) is 6.98. The maximum absolute atomic E-state index is 11.4. The average molecular weight is 329 g/mol. The number of aliphatic hydroxyl groups is 1. The first-order valence-electron chi connectivity index (χ1n) is 7.10. The third-order valence-corrected chi connectivity index (χ3v) is 3.15. The number of amides is 1. The van der Waals surface area contributed by atoms with E-state index in [1.54, 1.807) is 0 Å². The molecule has 24 heavy (non-hydrogen) atoms. The van der Waals surface area contributed by atoms with Gasteiger partial charge in [0.25, 0.3) is 5.91 Å². The van der Waals surface area contributed by atoms with Crippen molar-refractivity contribution in [2.45, 2.75) is 6.73 Å². The number of aromatic nitrogens is 6. The van der Waals surface area contributed by atoms with Gasteiger partial charge >= 0.3 is 0 Å². The summed E-state index contributed by atoms with van der Waals surface area (Å²) in [6, 6.07) is 9.38. The van der Waals surface area contributed by atoms with Crippen molar-refractivity contribution in [3.63, 3.8) is 0 Å². The molecule has 4 N–H and O–H groups in total. The van der Waals surface area contributed by atoms with Crippen LogP contribution in [0.5, 0.6) is 0 Å². The van der Waals surface area contributed by atoms with Gasteiger partial charge in [0, 0.05) is 5.56 Å². The third-order valence-electron chi connectivity index (χ3n) is 3.15. The number of H-pyrrole nitrogens is 1. The second-order valence-corrected chi connectivity index (χ2v) is 4.77. The first kappa shape index (κ1) is 15.8. The number of carbonyl (C=O) groups is 1. The highest BCUT2D eigenvalue weighted by Gasteiger charge is 2.21. The summed E-state index contributed by atoms with van der Waals surface area (Å²) in [5.74, 6) is -0.629. The number of carbonyl (C=O) groups excluding carboxylic acids is 1. The molecule has 0 aliphatic carbocycles. The van der Waals surface area contributed by atoms with Crippen LogP contribution < -0.4 is 5.73 Å². The quantitative estimate of drug-likeness (QED) is 0.509. The predicted molar refractivity (Wildman–Crippen MR) is 82.4 cm³/mol. The standard InChI is InChI=1S/C14H15N7O3/c15-12(23)13-16-14(21(19-13)8-24-7-6-22)11-10(17-20-18-11)9-4-2-1-3-5-9/h1-5,22H,6-8H2,(H2,15,23)(H,17,18,20). The fourth-order valence-corrected chi connectivity index (χ4v) is 2.11. The number of primary amides is 1. The third kappa shape index (κ3) is 3.14. The second-order valence-electron chi connectivity index (χ2n) is 4.77. The predicted octanol–water partition coefficient (Wildman–Crippen LogP) is -0.205. The Morgan fingerprint density at radius 3 is 2.71 bits per heavy atom. The summed E-state index contributed by atoms with van der Waals surface area (Å²) in [4.78, 5) is 15.5. The lowest BCUT2D eigenvalue weighted by atomic mass is 10.1. The van der Waals surface area contributed by atoms with Crippen molar-refractivity contribution in [3.8, 4) is 22.8 Å². The molecule has 0 radical (unpaired) electrons. The minimum absolute atomic E-state index is 0.0166. The van der Waals surface area contributed by atoms with Crippen molar-refractivity contribution in [1.82, 2.24) is 30.2 Å². The van der Waals surface area contributed by atoms with Crippen LogP contribution in [0.3, 0.4) is 0 Å². The molecule has 10 nitrogen and oxygen atoms in total. The SMILES string of the molecule is NC(=O)c1nc(-c2n[nH]nc2-c2ccccc2)n(COCCO)n1. The van der Waals surface area contributed by atoms with Crippen LogP contribution in [0.1, 0.15) is 10.6 Å². The molecular weight excluding hydrogens is 314 g/mol.